The standard InChI is InChI=1S/C14H18O3S2/c1-7-18-11-13(1)9-16-5-3-15-4-6-17-10-14-2-8-19-12-14/h1-2,7-8,11-12H,3-6,9-10H2. The van der Waals surface area contributed by atoms with Gasteiger partial charge in [0.1, 0.15) is 0 Å². The summed E-state index contributed by atoms with van der Waals surface area (Å²) in [4.78, 5) is 0. The van der Waals surface area contributed by atoms with Crippen LogP contribution in [-0.4, -0.2) is 26.4 Å². The van der Waals surface area contributed by atoms with E-state index in [1.54, 1.807) is 22.7 Å². The van der Waals surface area contributed by atoms with E-state index in [0.29, 0.717) is 39.6 Å². The van der Waals surface area contributed by atoms with Gasteiger partial charge in [0.2, 0.25) is 0 Å². The Morgan fingerprint density at radius 1 is 0.684 bits per heavy atom. The first-order valence-electron chi connectivity index (χ1n) is 6.20. The highest BCUT2D eigenvalue weighted by molar-refractivity contribution is 7.08. The van der Waals surface area contributed by atoms with Crippen molar-refractivity contribution < 1.29 is 14.2 Å². The van der Waals surface area contributed by atoms with Crippen LogP contribution in [0.4, 0.5) is 0 Å². The predicted molar refractivity (Wildman–Crippen MR) is 78.8 cm³/mol. The van der Waals surface area contributed by atoms with Gasteiger partial charge in [-0.15, -0.1) is 0 Å². The SMILES string of the molecule is c1cc(COCCOCCOCc2ccsc2)cs1. The lowest BCUT2D eigenvalue weighted by molar-refractivity contribution is 0.00714. The third-order valence-corrected chi connectivity index (χ3v) is 3.91. The fraction of sp³-hybridized carbons (Fsp3) is 0.429. The summed E-state index contributed by atoms with van der Waals surface area (Å²) in [6.07, 6.45) is 0. The van der Waals surface area contributed by atoms with Crippen molar-refractivity contribution >= 4 is 22.7 Å². The Kier molecular flexibility index (Phi) is 7.13. The van der Waals surface area contributed by atoms with Gasteiger partial charge in [-0.25, -0.2) is 0 Å². The zero-order valence-electron chi connectivity index (χ0n) is 10.7. The molecule has 104 valence electrons. The summed E-state index contributed by atoms with van der Waals surface area (Å²) in [5, 5.41) is 8.30. The molecule has 0 spiro atoms. The van der Waals surface area contributed by atoms with Gasteiger partial charge in [-0.05, 0) is 44.8 Å². The van der Waals surface area contributed by atoms with Crippen molar-refractivity contribution in [3.05, 3.63) is 44.8 Å². The molecule has 0 bridgehead atoms. The molecule has 5 heteroatoms. The van der Waals surface area contributed by atoms with Gasteiger partial charge in [0.15, 0.2) is 0 Å². The van der Waals surface area contributed by atoms with E-state index >= 15 is 0 Å². The van der Waals surface area contributed by atoms with E-state index in [-0.39, 0.29) is 0 Å². The summed E-state index contributed by atoms with van der Waals surface area (Å²) < 4.78 is 16.4. The van der Waals surface area contributed by atoms with Crippen molar-refractivity contribution in [1.82, 2.24) is 0 Å². The minimum Gasteiger partial charge on any atom is -0.377 e. The van der Waals surface area contributed by atoms with Crippen molar-refractivity contribution in [3.8, 4) is 0 Å². The predicted octanol–water partition coefficient (Wildman–Crippen LogP) is 3.56. The van der Waals surface area contributed by atoms with Crippen molar-refractivity contribution in [2.24, 2.45) is 0 Å². The molecule has 0 fully saturated rings. The minimum absolute atomic E-state index is 0.617. The monoisotopic (exact) mass is 298 g/mol. The second-order valence-electron chi connectivity index (χ2n) is 3.98. The molecule has 0 aliphatic carbocycles. The highest BCUT2D eigenvalue weighted by Crippen LogP contribution is 2.07. The average Bonchev–Trinajstić information content (AvgIpc) is 3.10. The first-order chi connectivity index (χ1) is 9.45. The van der Waals surface area contributed by atoms with Crippen LogP contribution in [0.1, 0.15) is 11.1 Å². The molecule has 3 nitrogen and oxygen atoms in total. The summed E-state index contributed by atoms with van der Waals surface area (Å²) in [7, 11) is 0. The number of rotatable bonds is 10. The number of thiophene rings is 2. The molecular weight excluding hydrogens is 280 g/mol. The molecule has 0 N–H and O–H groups in total. The van der Waals surface area contributed by atoms with E-state index < -0.39 is 0 Å². The molecule has 0 aromatic carbocycles. The molecular formula is C14H18O3S2. The summed E-state index contributed by atoms with van der Waals surface area (Å²) in [6.45, 7) is 3.82. The number of hydrogen-bond acceptors (Lipinski definition) is 5. The summed E-state index contributed by atoms with van der Waals surface area (Å²) >= 11 is 3.38. The number of ether oxygens (including phenoxy) is 3. The van der Waals surface area contributed by atoms with Crippen molar-refractivity contribution in [1.29, 1.82) is 0 Å². The van der Waals surface area contributed by atoms with Gasteiger partial charge in [0, 0.05) is 0 Å². The fourth-order valence-corrected chi connectivity index (χ4v) is 2.77. The van der Waals surface area contributed by atoms with Gasteiger partial charge < -0.3 is 14.2 Å². The lowest BCUT2D eigenvalue weighted by atomic mass is 10.4. The molecule has 0 unspecified atom stereocenters. The molecule has 0 amide bonds. The van der Waals surface area contributed by atoms with Gasteiger partial charge in [0.25, 0.3) is 0 Å². The zero-order chi connectivity index (χ0) is 13.2. The second kappa shape index (κ2) is 9.23. The molecule has 0 radical (unpaired) electrons. The van der Waals surface area contributed by atoms with Gasteiger partial charge in [0.05, 0.1) is 39.6 Å². The Morgan fingerprint density at radius 2 is 1.16 bits per heavy atom. The van der Waals surface area contributed by atoms with Crippen LogP contribution in [-0.2, 0) is 27.4 Å². The molecule has 0 aliphatic rings. The van der Waals surface area contributed by atoms with Crippen LogP contribution in [0.15, 0.2) is 33.7 Å². The maximum atomic E-state index is 5.49. The quantitative estimate of drug-likeness (QED) is 0.628. The molecule has 2 aromatic heterocycles. The normalized spacial score (nSPS) is 10.9. The van der Waals surface area contributed by atoms with Crippen LogP contribution < -0.4 is 0 Å². The smallest absolute Gasteiger partial charge is 0.0726 e. The van der Waals surface area contributed by atoms with Crippen LogP contribution in [0.5, 0.6) is 0 Å². The van der Waals surface area contributed by atoms with E-state index in [1.807, 2.05) is 0 Å². The van der Waals surface area contributed by atoms with E-state index in [4.69, 9.17) is 14.2 Å². The molecule has 0 saturated heterocycles. The van der Waals surface area contributed by atoms with Gasteiger partial charge >= 0.3 is 0 Å². The maximum Gasteiger partial charge on any atom is 0.0726 e. The van der Waals surface area contributed by atoms with E-state index in [0.717, 1.165) is 0 Å². The molecule has 0 atom stereocenters. The lowest BCUT2D eigenvalue weighted by Crippen LogP contribution is -2.09. The van der Waals surface area contributed by atoms with Gasteiger partial charge in [-0.2, -0.15) is 22.7 Å². The van der Waals surface area contributed by atoms with E-state index in [2.05, 4.69) is 33.7 Å². The number of hydrogen-bond donors (Lipinski definition) is 0. The molecule has 19 heavy (non-hydrogen) atoms. The molecule has 2 heterocycles. The summed E-state index contributed by atoms with van der Waals surface area (Å²) in [5.41, 5.74) is 2.45. The van der Waals surface area contributed by atoms with E-state index in [9.17, 15) is 0 Å². The summed E-state index contributed by atoms with van der Waals surface area (Å²) in [6, 6.07) is 4.15. The maximum absolute atomic E-state index is 5.49. The first-order valence-corrected chi connectivity index (χ1v) is 8.09. The minimum atomic E-state index is 0.617. The highest BCUT2D eigenvalue weighted by Gasteiger charge is 1.95. The van der Waals surface area contributed by atoms with Gasteiger partial charge in [-0.1, -0.05) is 0 Å². The topological polar surface area (TPSA) is 27.7 Å². The summed E-state index contributed by atoms with van der Waals surface area (Å²) in [5.74, 6) is 0. The van der Waals surface area contributed by atoms with Crippen LogP contribution in [0.2, 0.25) is 0 Å². The Balaban J connectivity index is 1.36. The lowest BCUT2D eigenvalue weighted by Gasteiger charge is -2.05. The molecule has 0 aliphatic heterocycles. The zero-order valence-corrected chi connectivity index (χ0v) is 12.4. The highest BCUT2D eigenvalue weighted by atomic mass is 32.1. The Hall–Kier alpha value is -0.720. The van der Waals surface area contributed by atoms with Gasteiger partial charge in [-0.3, -0.25) is 0 Å². The van der Waals surface area contributed by atoms with Crippen molar-refractivity contribution in [3.63, 3.8) is 0 Å². The Labute approximate surface area is 121 Å². The fourth-order valence-electron chi connectivity index (χ4n) is 1.47. The third-order valence-electron chi connectivity index (χ3n) is 2.44. The van der Waals surface area contributed by atoms with E-state index in [1.165, 1.54) is 11.1 Å². The van der Waals surface area contributed by atoms with Crippen molar-refractivity contribution in [2.75, 3.05) is 26.4 Å². The van der Waals surface area contributed by atoms with Crippen LogP contribution in [0.25, 0.3) is 0 Å². The molecule has 2 aromatic rings. The Bertz CT molecular complexity index is 372. The molecule has 2 rings (SSSR count). The molecule has 0 saturated carbocycles. The second-order valence-corrected chi connectivity index (χ2v) is 5.54. The average molecular weight is 298 g/mol. The first kappa shape index (κ1) is 14.7. The van der Waals surface area contributed by atoms with Crippen LogP contribution >= 0.6 is 22.7 Å². The van der Waals surface area contributed by atoms with Crippen LogP contribution in [0.3, 0.4) is 0 Å². The largest absolute Gasteiger partial charge is 0.377 e. The van der Waals surface area contributed by atoms with Crippen molar-refractivity contribution in [2.45, 2.75) is 13.2 Å². The third kappa shape index (κ3) is 6.31. The van der Waals surface area contributed by atoms with Crippen LogP contribution in [0, 0.1) is 0 Å². The Morgan fingerprint density at radius 3 is 1.58 bits per heavy atom.